The number of aliphatic hydroxyl groups excluding tert-OH is 1. The molecule has 102 valence electrons. The van der Waals surface area contributed by atoms with Crippen LogP contribution in [0.15, 0.2) is 0 Å². The van der Waals surface area contributed by atoms with Crippen molar-refractivity contribution < 1.29 is 14.6 Å². The van der Waals surface area contributed by atoms with Crippen LogP contribution in [0, 0.1) is 0 Å². The van der Waals surface area contributed by atoms with Gasteiger partial charge in [-0.25, -0.2) is 4.79 Å². The van der Waals surface area contributed by atoms with Crippen molar-refractivity contribution in [3.8, 4) is 0 Å². The third-order valence-electron chi connectivity index (χ3n) is 2.80. The highest BCUT2D eigenvalue weighted by atomic mass is 16.5. The minimum atomic E-state index is -0.919. The molecule has 1 N–H and O–H groups in total. The van der Waals surface area contributed by atoms with Gasteiger partial charge in [0.25, 0.3) is 0 Å². The average molecular weight is 244 g/mol. The van der Waals surface area contributed by atoms with E-state index in [0.717, 1.165) is 19.3 Å². The summed E-state index contributed by atoms with van der Waals surface area (Å²) in [5.41, 5.74) is 0. The molecule has 0 aliphatic heterocycles. The average Bonchev–Trinajstić information content (AvgIpc) is 2.34. The van der Waals surface area contributed by atoms with Gasteiger partial charge in [-0.1, -0.05) is 58.8 Å². The minimum absolute atomic E-state index is 0.410. The summed E-state index contributed by atoms with van der Waals surface area (Å²) in [5, 5.41) is 9.51. The highest BCUT2D eigenvalue weighted by molar-refractivity contribution is 5.74. The maximum Gasteiger partial charge on any atom is 0.334 e. The molecule has 1 unspecified atom stereocenters. The van der Waals surface area contributed by atoms with Crippen LogP contribution in [0.1, 0.15) is 71.6 Å². The van der Waals surface area contributed by atoms with Crippen molar-refractivity contribution in [3.05, 3.63) is 0 Å². The Hall–Kier alpha value is -0.570. The molecular formula is C14H28O3. The van der Waals surface area contributed by atoms with Crippen LogP contribution >= 0.6 is 0 Å². The summed E-state index contributed by atoms with van der Waals surface area (Å²) < 4.78 is 4.87. The van der Waals surface area contributed by atoms with Crippen molar-refractivity contribution >= 4 is 5.97 Å². The van der Waals surface area contributed by atoms with Crippen LogP contribution in [-0.2, 0) is 9.53 Å². The van der Waals surface area contributed by atoms with Gasteiger partial charge in [0.2, 0.25) is 0 Å². The zero-order valence-electron chi connectivity index (χ0n) is 11.4. The first kappa shape index (κ1) is 16.4. The van der Waals surface area contributed by atoms with Gasteiger partial charge in [-0.15, -0.1) is 0 Å². The van der Waals surface area contributed by atoms with E-state index in [2.05, 4.69) is 6.92 Å². The lowest BCUT2D eigenvalue weighted by molar-refractivity contribution is -0.153. The van der Waals surface area contributed by atoms with E-state index in [9.17, 15) is 9.90 Å². The highest BCUT2D eigenvalue weighted by Gasteiger charge is 2.15. The maximum absolute atomic E-state index is 11.2. The van der Waals surface area contributed by atoms with E-state index in [1.807, 2.05) is 6.92 Å². The monoisotopic (exact) mass is 244 g/mol. The van der Waals surface area contributed by atoms with Gasteiger partial charge in [0.15, 0.2) is 6.10 Å². The normalized spacial score (nSPS) is 12.4. The molecule has 0 aliphatic carbocycles. The van der Waals surface area contributed by atoms with E-state index in [1.165, 1.54) is 32.1 Å². The van der Waals surface area contributed by atoms with Gasteiger partial charge < -0.3 is 9.84 Å². The molecule has 0 fully saturated rings. The van der Waals surface area contributed by atoms with Gasteiger partial charge in [-0.3, -0.25) is 0 Å². The van der Waals surface area contributed by atoms with E-state index in [0.29, 0.717) is 13.0 Å². The second-order valence-corrected chi connectivity index (χ2v) is 4.59. The molecule has 0 aromatic carbocycles. The number of aliphatic hydroxyl groups is 1. The first-order valence-corrected chi connectivity index (χ1v) is 7.07. The van der Waals surface area contributed by atoms with Gasteiger partial charge in [-0.2, -0.15) is 0 Å². The number of hydrogen-bond acceptors (Lipinski definition) is 3. The molecule has 0 aromatic rings. The molecule has 0 rings (SSSR count). The van der Waals surface area contributed by atoms with E-state index in [-0.39, 0.29) is 0 Å². The standard InChI is InChI=1S/C14H28O3/c1-3-5-6-7-8-9-10-11-13(15)14(16)17-12-4-2/h13,15H,3-12H2,1-2H3. The van der Waals surface area contributed by atoms with Crippen molar-refractivity contribution in [2.24, 2.45) is 0 Å². The van der Waals surface area contributed by atoms with Crippen LogP contribution < -0.4 is 0 Å². The Balaban J connectivity index is 3.32. The smallest absolute Gasteiger partial charge is 0.334 e. The molecule has 0 bridgehead atoms. The SMILES string of the molecule is CCCCCCCCCC(O)C(=O)OCCC. The Morgan fingerprint density at radius 1 is 1.00 bits per heavy atom. The fourth-order valence-corrected chi connectivity index (χ4v) is 1.71. The van der Waals surface area contributed by atoms with Gasteiger partial charge in [-0.05, 0) is 12.8 Å². The highest BCUT2D eigenvalue weighted by Crippen LogP contribution is 2.10. The van der Waals surface area contributed by atoms with Crippen molar-refractivity contribution in [1.29, 1.82) is 0 Å². The molecule has 0 heterocycles. The van der Waals surface area contributed by atoms with Crippen molar-refractivity contribution in [2.75, 3.05) is 6.61 Å². The summed E-state index contributed by atoms with van der Waals surface area (Å²) in [4.78, 5) is 11.2. The molecule has 0 saturated carbocycles. The van der Waals surface area contributed by atoms with Crippen LogP contribution in [0.4, 0.5) is 0 Å². The first-order chi connectivity index (χ1) is 8.22. The maximum atomic E-state index is 11.2. The first-order valence-electron chi connectivity index (χ1n) is 7.07. The van der Waals surface area contributed by atoms with Gasteiger partial charge in [0.1, 0.15) is 0 Å². The van der Waals surface area contributed by atoms with Crippen molar-refractivity contribution in [2.45, 2.75) is 77.7 Å². The molecule has 0 amide bonds. The fourth-order valence-electron chi connectivity index (χ4n) is 1.71. The third kappa shape index (κ3) is 10.3. The summed E-state index contributed by atoms with van der Waals surface area (Å²) in [6.07, 6.45) is 8.78. The Bertz CT molecular complexity index is 180. The lowest BCUT2D eigenvalue weighted by Crippen LogP contribution is -2.23. The predicted molar refractivity (Wildman–Crippen MR) is 69.9 cm³/mol. The van der Waals surface area contributed by atoms with Crippen molar-refractivity contribution in [1.82, 2.24) is 0 Å². The van der Waals surface area contributed by atoms with E-state index in [1.54, 1.807) is 0 Å². The van der Waals surface area contributed by atoms with E-state index < -0.39 is 12.1 Å². The fraction of sp³-hybridized carbons (Fsp3) is 0.929. The molecule has 0 aliphatic rings. The number of carbonyl (C=O) groups is 1. The molecular weight excluding hydrogens is 216 g/mol. The van der Waals surface area contributed by atoms with Crippen LogP contribution in [0.3, 0.4) is 0 Å². The lowest BCUT2D eigenvalue weighted by atomic mass is 10.1. The Kier molecular flexibility index (Phi) is 11.5. The van der Waals surface area contributed by atoms with Crippen LogP contribution in [0.25, 0.3) is 0 Å². The summed E-state index contributed by atoms with van der Waals surface area (Å²) in [6.45, 7) is 4.56. The minimum Gasteiger partial charge on any atom is -0.464 e. The second-order valence-electron chi connectivity index (χ2n) is 4.59. The molecule has 3 heteroatoms. The molecule has 0 radical (unpaired) electrons. The van der Waals surface area contributed by atoms with Gasteiger partial charge >= 0.3 is 5.97 Å². The second kappa shape index (κ2) is 11.9. The predicted octanol–water partition coefficient (Wildman–Crippen LogP) is 3.44. The summed E-state index contributed by atoms with van der Waals surface area (Å²) in [7, 11) is 0. The van der Waals surface area contributed by atoms with E-state index >= 15 is 0 Å². The topological polar surface area (TPSA) is 46.5 Å². The number of carbonyl (C=O) groups excluding carboxylic acids is 1. The zero-order chi connectivity index (χ0) is 12.9. The molecule has 0 saturated heterocycles. The summed E-state index contributed by atoms with van der Waals surface area (Å²) >= 11 is 0. The van der Waals surface area contributed by atoms with Crippen LogP contribution in [0.2, 0.25) is 0 Å². The molecule has 0 aromatic heterocycles. The Morgan fingerprint density at radius 3 is 2.18 bits per heavy atom. The van der Waals surface area contributed by atoms with Crippen molar-refractivity contribution in [3.63, 3.8) is 0 Å². The number of esters is 1. The van der Waals surface area contributed by atoms with Crippen LogP contribution in [-0.4, -0.2) is 23.8 Å². The largest absolute Gasteiger partial charge is 0.464 e. The van der Waals surface area contributed by atoms with Crippen LogP contribution in [0.5, 0.6) is 0 Å². The molecule has 17 heavy (non-hydrogen) atoms. The Morgan fingerprint density at radius 2 is 1.59 bits per heavy atom. The number of ether oxygens (including phenoxy) is 1. The van der Waals surface area contributed by atoms with Gasteiger partial charge in [0, 0.05) is 0 Å². The number of hydrogen-bond donors (Lipinski definition) is 1. The number of unbranched alkanes of at least 4 members (excludes halogenated alkanes) is 6. The zero-order valence-corrected chi connectivity index (χ0v) is 11.4. The molecule has 1 atom stereocenters. The quantitative estimate of drug-likeness (QED) is 0.447. The van der Waals surface area contributed by atoms with Gasteiger partial charge in [0.05, 0.1) is 6.61 Å². The summed E-state index contributed by atoms with van der Waals surface area (Å²) in [6, 6.07) is 0. The third-order valence-corrected chi connectivity index (χ3v) is 2.80. The number of rotatable bonds is 11. The Labute approximate surface area is 106 Å². The van der Waals surface area contributed by atoms with E-state index in [4.69, 9.17) is 4.74 Å². The molecule has 0 spiro atoms. The molecule has 3 nitrogen and oxygen atoms in total. The lowest BCUT2D eigenvalue weighted by Gasteiger charge is -2.09. The summed E-state index contributed by atoms with van der Waals surface area (Å²) in [5.74, 6) is -0.460.